The maximum Gasteiger partial charge on any atom is 0.309 e. The average Bonchev–Trinajstić information content (AvgIpc) is 3.21. The van der Waals surface area contributed by atoms with Crippen LogP contribution in [-0.4, -0.2) is 50.5 Å². The molecule has 2 aromatic carbocycles. The molecule has 2 aromatic rings. The zero-order chi connectivity index (χ0) is 21.7. The van der Waals surface area contributed by atoms with E-state index in [1.807, 2.05) is 31.2 Å². The fourth-order valence-corrected chi connectivity index (χ4v) is 4.42. The first kappa shape index (κ1) is 21.9. The Morgan fingerprint density at radius 1 is 1.07 bits per heavy atom. The van der Waals surface area contributed by atoms with Gasteiger partial charge < -0.3 is 15.4 Å². The summed E-state index contributed by atoms with van der Waals surface area (Å²) in [7, 11) is -3.93. The topological polar surface area (TPSA) is 105 Å². The minimum Gasteiger partial charge on any atom is -0.359 e. The van der Waals surface area contributed by atoms with Gasteiger partial charge in [0.1, 0.15) is 12.0 Å². The van der Waals surface area contributed by atoms with Gasteiger partial charge in [0, 0.05) is 13.1 Å². The first-order valence-corrected chi connectivity index (χ1v) is 10.7. The summed E-state index contributed by atoms with van der Waals surface area (Å²) < 4.78 is 45.1. The molecule has 3 rings (SSSR count). The fourth-order valence-electron chi connectivity index (χ4n) is 2.91. The fraction of sp³-hybridized carbons (Fsp3) is 0.300. The zero-order valence-corrected chi connectivity index (χ0v) is 17.1. The normalized spacial score (nSPS) is 16.9. The van der Waals surface area contributed by atoms with Crippen molar-refractivity contribution in [3.8, 4) is 0 Å². The minimum absolute atomic E-state index is 0.0819. The highest BCUT2D eigenvalue weighted by atomic mass is 32.2. The molecule has 2 N–H and O–H groups in total. The Balaban J connectivity index is 1.54. The molecule has 0 saturated carbocycles. The van der Waals surface area contributed by atoms with Gasteiger partial charge in [-0.1, -0.05) is 29.8 Å². The van der Waals surface area contributed by atoms with Crippen LogP contribution < -0.4 is 10.6 Å². The molecule has 1 fully saturated rings. The summed E-state index contributed by atoms with van der Waals surface area (Å²) in [5.74, 6) is -2.27. The number of nitrogens with one attached hydrogen (secondary N) is 2. The number of carbonyl (C=O) groups excluding carboxylic acids is 2. The Morgan fingerprint density at radius 3 is 2.37 bits per heavy atom. The van der Waals surface area contributed by atoms with Crippen molar-refractivity contribution >= 4 is 21.8 Å². The highest BCUT2D eigenvalue weighted by molar-refractivity contribution is 7.89. The molecule has 1 heterocycles. The lowest BCUT2D eigenvalue weighted by Crippen LogP contribution is -2.47. The summed E-state index contributed by atoms with van der Waals surface area (Å²) in [6, 6.07) is 11.9. The van der Waals surface area contributed by atoms with Gasteiger partial charge in [-0.05, 0) is 36.8 Å². The molecule has 160 valence electrons. The third-order valence-corrected chi connectivity index (χ3v) is 6.48. The van der Waals surface area contributed by atoms with Crippen molar-refractivity contribution in [2.75, 3.05) is 19.7 Å². The number of benzene rings is 2. The average molecular weight is 435 g/mol. The van der Waals surface area contributed by atoms with E-state index in [0.717, 1.165) is 39.7 Å². The summed E-state index contributed by atoms with van der Waals surface area (Å²) in [6.45, 7) is 2.16. The van der Waals surface area contributed by atoms with Gasteiger partial charge in [-0.3, -0.25) is 9.59 Å². The summed E-state index contributed by atoms with van der Waals surface area (Å²) in [4.78, 5) is 24.0. The van der Waals surface area contributed by atoms with E-state index in [4.69, 9.17) is 4.74 Å². The van der Waals surface area contributed by atoms with Crippen molar-refractivity contribution in [1.82, 2.24) is 14.9 Å². The number of carbonyl (C=O) groups is 2. The molecule has 1 saturated heterocycles. The molecule has 1 aliphatic heterocycles. The van der Waals surface area contributed by atoms with Gasteiger partial charge in [-0.2, -0.15) is 4.31 Å². The lowest BCUT2D eigenvalue weighted by atomic mass is 10.1. The van der Waals surface area contributed by atoms with Crippen LogP contribution in [0.1, 0.15) is 11.1 Å². The highest BCUT2D eigenvalue weighted by Gasteiger charge is 2.36. The van der Waals surface area contributed by atoms with Gasteiger partial charge in [0.2, 0.25) is 10.0 Å². The van der Waals surface area contributed by atoms with Crippen molar-refractivity contribution in [3.63, 3.8) is 0 Å². The first-order valence-electron chi connectivity index (χ1n) is 9.28. The van der Waals surface area contributed by atoms with Crippen molar-refractivity contribution in [2.24, 2.45) is 0 Å². The van der Waals surface area contributed by atoms with Gasteiger partial charge in [-0.25, -0.2) is 12.8 Å². The maximum atomic E-state index is 13.1. The Labute approximate surface area is 174 Å². The van der Waals surface area contributed by atoms with Crippen LogP contribution in [0.5, 0.6) is 0 Å². The molecule has 0 unspecified atom stereocenters. The summed E-state index contributed by atoms with van der Waals surface area (Å²) in [5.41, 5.74) is 1.93. The van der Waals surface area contributed by atoms with Gasteiger partial charge >= 0.3 is 11.8 Å². The molecular formula is C20H22FN3O5S. The van der Waals surface area contributed by atoms with Gasteiger partial charge in [0.25, 0.3) is 0 Å². The molecule has 0 aliphatic carbocycles. The quantitative estimate of drug-likeness (QED) is 0.657. The smallest absolute Gasteiger partial charge is 0.309 e. The lowest BCUT2D eigenvalue weighted by molar-refractivity contribution is -0.139. The van der Waals surface area contributed by atoms with Crippen LogP contribution in [0.2, 0.25) is 0 Å². The summed E-state index contributed by atoms with van der Waals surface area (Å²) in [6.07, 6.45) is -0.964. The Hall–Kier alpha value is -2.82. The van der Waals surface area contributed by atoms with E-state index in [0.29, 0.717) is 0 Å². The van der Waals surface area contributed by atoms with Crippen molar-refractivity contribution in [2.45, 2.75) is 24.6 Å². The number of halogens is 1. The lowest BCUT2D eigenvalue weighted by Gasteiger charge is -2.22. The molecule has 1 atom stereocenters. The predicted molar refractivity (Wildman–Crippen MR) is 106 cm³/mol. The van der Waals surface area contributed by atoms with Crippen molar-refractivity contribution < 1.29 is 27.1 Å². The molecule has 0 aromatic heterocycles. The molecule has 2 amide bonds. The maximum absolute atomic E-state index is 13.1. The number of sulfonamides is 1. The van der Waals surface area contributed by atoms with Crippen molar-refractivity contribution in [3.05, 3.63) is 65.5 Å². The third-order valence-electron chi connectivity index (χ3n) is 4.58. The monoisotopic (exact) mass is 435 g/mol. The Morgan fingerprint density at radius 2 is 1.70 bits per heavy atom. The number of amides is 2. The van der Waals surface area contributed by atoms with Crippen LogP contribution in [0.4, 0.5) is 4.39 Å². The van der Waals surface area contributed by atoms with Crippen LogP contribution in [0, 0.1) is 12.7 Å². The van der Waals surface area contributed by atoms with E-state index in [9.17, 15) is 22.4 Å². The standard InChI is InChI=1S/C20H22FN3O5S/c1-14-2-4-15(5-3-14)12-22-19(25)20(26)23-13-18-24(10-11-29-18)30(27,28)17-8-6-16(21)7-9-17/h2-9,18H,10-13H2,1H3,(H,22,25)(H,23,26)/t18-/m0/s1. The number of hydrogen-bond donors (Lipinski definition) is 2. The second-order valence-corrected chi connectivity index (χ2v) is 8.66. The molecule has 0 spiro atoms. The summed E-state index contributed by atoms with van der Waals surface area (Å²) in [5, 5.41) is 4.90. The van der Waals surface area contributed by atoms with E-state index in [2.05, 4.69) is 10.6 Å². The van der Waals surface area contributed by atoms with Crippen LogP contribution in [0.25, 0.3) is 0 Å². The second kappa shape index (κ2) is 9.33. The third kappa shape index (κ3) is 5.21. The van der Waals surface area contributed by atoms with Crippen LogP contribution in [0.3, 0.4) is 0 Å². The largest absolute Gasteiger partial charge is 0.359 e. The minimum atomic E-state index is -3.93. The molecular weight excluding hydrogens is 413 g/mol. The summed E-state index contributed by atoms with van der Waals surface area (Å²) >= 11 is 0. The second-order valence-electron chi connectivity index (χ2n) is 6.77. The number of nitrogens with zero attached hydrogens (tertiary/aromatic N) is 1. The van der Waals surface area contributed by atoms with Crippen LogP contribution in [0.15, 0.2) is 53.4 Å². The predicted octanol–water partition coefficient (Wildman–Crippen LogP) is 0.914. The molecule has 10 heteroatoms. The number of hydrogen-bond acceptors (Lipinski definition) is 5. The molecule has 30 heavy (non-hydrogen) atoms. The molecule has 0 bridgehead atoms. The number of aryl methyl sites for hydroxylation is 1. The van der Waals surface area contributed by atoms with E-state index >= 15 is 0 Å². The molecule has 8 nitrogen and oxygen atoms in total. The van der Waals surface area contributed by atoms with Crippen LogP contribution in [-0.2, 0) is 30.9 Å². The van der Waals surface area contributed by atoms with Crippen molar-refractivity contribution in [1.29, 1.82) is 0 Å². The van der Waals surface area contributed by atoms with Gasteiger partial charge in [0.15, 0.2) is 0 Å². The van der Waals surface area contributed by atoms with Gasteiger partial charge in [0.05, 0.1) is 18.0 Å². The van der Waals surface area contributed by atoms with E-state index in [1.54, 1.807) is 0 Å². The zero-order valence-electron chi connectivity index (χ0n) is 16.3. The van der Waals surface area contributed by atoms with E-state index in [-0.39, 0.29) is 31.1 Å². The van der Waals surface area contributed by atoms with E-state index in [1.165, 1.54) is 0 Å². The Bertz CT molecular complexity index is 1010. The van der Waals surface area contributed by atoms with E-state index < -0.39 is 33.9 Å². The number of rotatable bonds is 6. The molecule has 1 aliphatic rings. The number of ether oxygens (including phenoxy) is 1. The SMILES string of the molecule is Cc1ccc(CNC(=O)C(=O)NC[C@@H]2OCCN2S(=O)(=O)c2ccc(F)cc2)cc1. The first-order chi connectivity index (χ1) is 14.3. The van der Waals surface area contributed by atoms with Crippen LogP contribution >= 0.6 is 0 Å². The van der Waals surface area contributed by atoms with Gasteiger partial charge in [-0.15, -0.1) is 0 Å². The highest BCUT2D eigenvalue weighted by Crippen LogP contribution is 2.22. The molecule has 0 radical (unpaired) electrons. The Kier molecular flexibility index (Phi) is 6.80.